The molecule has 0 aliphatic heterocycles. The highest BCUT2D eigenvalue weighted by Crippen LogP contribution is 2.26. The zero-order chi connectivity index (χ0) is 20.7. The van der Waals surface area contributed by atoms with Crippen LogP contribution in [-0.2, 0) is 14.3 Å². The van der Waals surface area contributed by atoms with E-state index in [0.29, 0.717) is 32.8 Å². The fraction of sp³-hybridized carbons (Fsp3) is 0.200. The Morgan fingerprint density at radius 3 is 2.50 bits per heavy atom. The summed E-state index contributed by atoms with van der Waals surface area (Å²) < 4.78 is 15.5. The number of amides is 1. The summed E-state index contributed by atoms with van der Waals surface area (Å²) in [7, 11) is 3.06. The van der Waals surface area contributed by atoms with Crippen molar-refractivity contribution in [2.24, 2.45) is 0 Å². The first kappa shape index (κ1) is 21.6. The van der Waals surface area contributed by atoms with Gasteiger partial charge in [-0.1, -0.05) is 23.2 Å². The standard InChI is InChI=1S/C20H19Cl2NO5/c1-12(20(25)23-17-11-14(21)5-7-16(17)22)28-19(24)9-4-13-10-15(26-2)6-8-18(13)27-3/h4-12H,1-3H3,(H,23,25)/b9-4+. The average Bonchev–Trinajstić information content (AvgIpc) is 2.68. The molecule has 148 valence electrons. The fourth-order valence-corrected chi connectivity index (χ4v) is 2.56. The second-order valence-electron chi connectivity index (χ2n) is 5.63. The number of methoxy groups -OCH3 is 2. The highest BCUT2D eigenvalue weighted by atomic mass is 35.5. The molecule has 0 saturated heterocycles. The van der Waals surface area contributed by atoms with Crippen molar-refractivity contribution in [3.05, 3.63) is 58.1 Å². The van der Waals surface area contributed by atoms with Crippen molar-refractivity contribution in [2.75, 3.05) is 19.5 Å². The van der Waals surface area contributed by atoms with E-state index in [1.165, 1.54) is 39.4 Å². The number of carbonyl (C=O) groups is 2. The van der Waals surface area contributed by atoms with Crippen molar-refractivity contribution in [1.82, 2.24) is 0 Å². The highest BCUT2D eigenvalue weighted by molar-refractivity contribution is 6.35. The lowest BCUT2D eigenvalue weighted by Crippen LogP contribution is -2.29. The van der Waals surface area contributed by atoms with Crippen LogP contribution in [0.2, 0.25) is 10.0 Å². The van der Waals surface area contributed by atoms with Gasteiger partial charge < -0.3 is 19.5 Å². The van der Waals surface area contributed by atoms with Gasteiger partial charge in [0.2, 0.25) is 0 Å². The molecular formula is C20H19Cl2NO5. The minimum absolute atomic E-state index is 0.321. The molecular weight excluding hydrogens is 405 g/mol. The summed E-state index contributed by atoms with van der Waals surface area (Å²) in [6, 6.07) is 9.82. The van der Waals surface area contributed by atoms with Gasteiger partial charge in [-0.15, -0.1) is 0 Å². The fourth-order valence-electron chi connectivity index (χ4n) is 2.22. The van der Waals surface area contributed by atoms with Crippen LogP contribution in [0.25, 0.3) is 6.08 Å². The predicted octanol–water partition coefficient (Wildman–Crippen LogP) is 4.59. The molecule has 0 aliphatic rings. The highest BCUT2D eigenvalue weighted by Gasteiger charge is 2.18. The van der Waals surface area contributed by atoms with E-state index >= 15 is 0 Å². The molecule has 2 aromatic rings. The van der Waals surface area contributed by atoms with Gasteiger partial charge in [0.15, 0.2) is 6.10 Å². The molecule has 0 saturated carbocycles. The van der Waals surface area contributed by atoms with E-state index in [2.05, 4.69) is 5.32 Å². The number of anilines is 1. The second kappa shape index (κ2) is 10.0. The first-order valence-electron chi connectivity index (χ1n) is 8.20. The van der Waals surface area contributed by atoms with Crippen molar-refractivity contribution in [1.29, 1.82) is 0 Å². The van der Waals surface area contributed by atoms with Gasteiger partial charge in [-0.05, 0) is 49.4 Å². The molecule has 2 rings (SSSR count). The van der Waals surface area contributed by atoms with E-state index in [-0.39, 0.29) is 0 Å². The van der Waals surface area contributed by atoms with Crippen LogP contribution in [0.3, 0.4) is 0 Å². The smallest absolute Gasteiger partial charge is 0.331 e. The van der Waals surface area contributed by atoms with Gasteiger partial charge in [0.25, 0.3) is 5.91 Å². The number of halogens is 2. The van der Waals surface area contributed by atoms with Gasteiger partial charge in [-0.2, -0.15) is 0 Å². The van der Waals surface area contributed by atoms with Gasteiger partial charge in [0, 0.05) is 16.7 Å². The zero-order valence-electron chi connectivity index (χ0n) is 15.5. The van der Waals surface area contributed by atoms with Gasteiger partial charge >= 0.3 is 5.97 Å². The Bertz CT molecular complexity index is 898. The molecule has 0 bridgehead atoms. The summed E-state index contributed by atoms with van der Waals surface area (Å²) in [5.41, 5.74) is 0.959. The average molecular weight is 424 g/mol. The van der Waals surface area contributed by atoms with E-state index in [4.69, 9.17) is 37.4 Å². The maximum absolute atomic E-state index is 12.2. The van der Waals surface area contributed by atoms with E-state index in [0.717, 1.165) is 0 Å². The number of rotatable bonds is 7. The lowest BCUT2D eigenvalue weighted by atomic mass is 10.1. The van der Waals surface area contributed by atoms with Crippen molar-refractivity contribution in [3.8, 4) is 11.5 Å². The Labute approximate surface area is 173 Å². The first-order valence-corrected chi connectivity index (χ1v) is 8.96. The summed E-state index contributed by atoms with van der Waals surface area (Å²) in [6.45, 7) is 1.45. The molecule has 2 aromatic carbocycles. The SMILES string of the molecule is COc1ccc(OC)c(/C=C/C(=O)OC(C)C(=O)Nc2cc(Cl)ccc2Cl)c1. The number of esters is 1. The Hall–Kier alpha value is -2.70. The van der Waals surface area contributed by atoms with Crippen molar-refractivity contribution in [3.63, 3.8) is 0 Å². The largest absolute Gasteiger partial charge is 0.497 e. The third-order valence-corrected chi connectivity index (χ3v) is 4.25. The zero-order valence-corrected chi connectivity index (χ0v) is 17.0. The van der Waals surface area contributed by atoms with Crippen LogP contribution in [0.4, 0.5) is 5.69 Å². The molecule has 0 heterocycles. The quantitative estimate of drug-likeness (QED) is 0.520. The van der Waals surface area contributed by atoms with Crippen LogP contribution in [0.5, 0.6) is 11.5 Å². The third-order valence-electron chi connectivity index (χ3n) is 3.68. The van der Waals surface area contributed by atoms with Gasteiger partial charge in [-0.3, -0.25) is 4.79 Å². The van der Waals surface area contributed by atoms with Crippen LogP contribution in [-0.4, -0.2) is 32.2 Å². The maximum atomic E-state index is 12.2. The van der Waals surface area contributed by atoms with E-state index in [1.807, 2.05) is 0 Å². The van der Waals surface area contributed by atoms with E-state index in [1.54, 1.807) is 30.3 Å². The molecule has 6 nitrogen and oxygen atoms in total. The molecule has 1 atom stereocenters. The van der Waals surface area contributed by atoms with Gasteiger partial charge in [0.1, 0.15) is 11.5 Å². The summed E-state index contributed by atoms with van der Waals surface area (Å²) in [5, 5.41) is 3.31. The monoisotopic (exact) mass is 423 g/mol. The molecule has 0 radical (unpaired) electrons. The summed E-state index contributed by atoms with van der Waals surface area (Å²) in [4.78, 5) is 24.3. The molecule has 0 aliphatic carbocycles. The molecule has 1 amide bonds. The van der Waals surface area contributed by atoms with Crippen LogP contribution in [0.1, 0.15) is 12.5 Å². The first-order chi connectivity index (χ1) is 13.3. The number of ether oxygens (including phenoxy) is 3. The third kappa shape index (κ3) is 5.90. The van der Waals surface area contributed by atoms with Crippen LogP contribution in [0, 0.1) is 0 Å². The normalized spacial score (nSPS) is 11.8. The number of nitrogens with one attached hydrogen (secondary N) is 1. The summed E-state index contributed by atoms with van der Waals surface area (Å²) >= 11 is 11.9. The summed E-state index contributed by atoms with van der Waals surface area (Å²) in [5.74, 6) is -0.0548. The van der Waals surface area contributed by atoms with E-state index < -0.39 is 18.0 Å². The Morgan fingerprint density at radius 1 is 1.07 bits per heavy atom. The van der Waals surface area contributed by atoms with Gasteiger partial charge in [-0.25, -0.2) is 4.79 Å². The molecule has 1 N–H and O–H groups in total. The molecule has 0 spiro atoms. The molecule has 28 heavy (non-hydrogen) atoms. The minimum Gasteiger partial charge on any atom is -0.497 e. The van der Waals surface area contributed by atoms with Crippen LogP contribution in [0.15, 0.2) is 42.5 Å². The predicted molar refractivity (Wildman–Crippen MR) is 109 cm³/mol. The molecule has 0 aromatic heterocycles. The van der Waals surface area contributed by atoms with Crippen molar-refractivity contribution in [2.45, 2.75) is 13.0 Å². The Morgan fingerprint density at radius 2 is 1.82 bits per heavy atom. The van der Waals surface area contributed by atoms with Crippen molar-refractivity contribution < 1.29 is 23.8 Å². The molecule has 0 fully saturated rings. The topological polar surface area (TPSA) is 73.9 Å². The number of benzene rings is 2. The van der Waals surface area contributed by atoms with Crippen molar-refractivity contribution >= 4 is 46.8 Å². The Balaban J connectivity index is 2.01. The molecule has 1 unspecified atom stereocenters. The lowest BCUT2D eigenvalue weighted by molar-refractivity contribution is -0.148. The lowest BCUT2D eigenvalue weighted by Gasteiger charge is -2.13. The van der Waals surface area contributed by atoms with E-state index in [9.17, 15) is 9.59 Å². The number of hydrogen-bond donors (Lipinski definition) is 1. The van der Waals surface area contributed by atoms with Crippen LogP contribution < -0.4 is 14.8 Å². The number of carbonyl (C=O) groups excluding carboxylic acids is 2. The maximum Gasteiger partial charge on any atom is 0.331 e. The second-order valence-corrected chi connectivity index (χ2v) is 6.48. The van der Waals surface area contributed by atoms with Gasteiger partial charge in [0.05, 0.1) is 24.9 Å². The van der Waals surface area contributed by atoms with Crippen LogP contribution >= 0.6 is 23.2 Å². The Kier molecular flexibility index (Phi) is 7.72. The summed E-state index contributed by atoms with van der Waals surface area (Å²) in [6.07, 6.45) is 1.68. The number of hydrogen-bond acceptors (Lipinski definition) is 5. The minimum atomic E-state index is -1.04. The molecule has 8 heteroatoms.